The highest BCUT2D eigenvalue weighted by molar-refractivity contribution is 6.32. The number of hydrogen-bond donors (Lipinski definition) is 1. The average molecular weight is 308 g/mol. The van der Waals surface area contributed by atoms with Crippen molar-refractivity contribution < 1.29 is 4.92 Å². The molecule has 112 valence electrons. The molecule has 0 aliphatic rings. The van der Waals surface area contributed by atoms with E-state index in [1.165, 1.54) is 23.0 Å². The van der Waals surface area contributed by atoms with Crippen molar-refractivity contribution in [1.29, 1.82) is 0 Å². The Hall–Kier alpha value is -2.01. The Balaban J connectivity index is 2.13. The third-order valence-corrected chi connectivity index (χ3v) is 3.92. The number of hydrogen-bond acceptors (Lipinski definition) is 3. The molecule has 5 nitrogen and oxygen atoms in total. The number of aryl methyl sites for hydroxylation is 1. The summed E-state index contributed by atoms with van der Waals surface area (Å²) in [6, 6.07) is 6.82. The molecule has 0 aliphatic heterocycles. The number of nitrogens with one attached hydrogen (secondary N) is 1. The van der Waals surface area contributed by atoms with Crippen molar-refractivity contribution in [2.24, 2.45) is 0 Å². The first-order valence-corrected chi connectivity index (χ1v) is 7.15. The minimum atomic E-state index is -0.485. The second-order valence-electron chi connectivity index (χ2n) is 4.92. The van der Waals surface area contributed by atoms with Crippen molar-refractivity contribution in [3.63, 3.8) is 0 Å². The summed E-state index contributed by atoms with van der Waals surface area (Å²) in [5, 5.41) is 14.1. The Morgan fingerprint density at radius 1 is 1.33 bits per heavy atom. The lowest BCUT2D eigenvalue weighted by Crippen LogP contribution is -2.03. The molecule has 1 heterocycles. The molecule has 2 rings (SSSR count). The Morgan fingerprint density at radius 2 is 2.05 bits per heavy atom. The van der Waals surface area contributed by atoms with E-state index in [2.05, 4.69) is 36.7 Å². The van der Waals surface area contributed by atoms with E-state index in [0.717, 1.165) is 12.2 Å². The van der Waals surface area contributed by atoms with E-state index in [4.69, 9.17) is 11.6 Å². The lowest BCUT2D eigenvalue weighted by atomic mass is 10.2. The quantitative estimate of drug-likeness (QED) is 0.662. The number of nitro groups is 1. The summed E-state index contributed by atoms with van der Waals surface area (Å²) in [6.07, 6.45) is 0. The van der Waals surface area contributed by atoms with Gasteiger partial charge in [0.2, 0.25) is 0 Å². The zero-order chi connectivity index (χ0) is 15.6. The predicted molar refractivity (Wildman–Crippen MR) is 85.0 cm³/mol. The molecule has 0 radical (unpaired) electrons. The number of rotatable bonds is 5. The highest BCUT2D eigenvalue weighted by atomic mass is 35.5. The molecule has 0 saturated carbocycles. The summed E-state index contributed by atoms with van der Waals surface area (Å²) >= 11 is 5.90. The second-order valence-corrected chi connectivity index (χ2v) is 5.32. The summed E-state index contributed by atoms with van der Waals surface area (Å²) in [5.74, 6) is 0. The monoisotopic (exact) mass is 307 g/mol. The van der Waals surface area contributed by atoms with Gasteiger partial charge in [0, 0.05) is 36.2 Å². The lowest BCUT2D eigenvalue weighted by molar-refractivity contribution is -0.384. The van der Waals surface area contributed by atoms with Crippen molar-refractivity contribution in [3.8, 4) is 0 Å². The minimum Gasteiger partial charge on any atom is -0.381 e. The van der Waals surface area contributed by atoms with Crippen molar-refractivity contribution >= 4 is 23.0 Å². The summed E-state index contributed by atoms with van der Waals surface area (Å²) in [5.41, 5.74) is 4.37. The predicted octanol–water partition coefficient (Wildman–Crippen LogP) is 4.30. The van der Waals surface area contributed by atoms with Gasteiger partial charge in [0.15, 0.2) is 0 Å². The SMILES string of the molecule is CCn1c(C)cc(CNc2ccc([N+](=O)[O-])c(Cl)c2)c1C. The second kappa shape index (κ2) is 6.18. The fourth-order valence-corrected chi connectivity index (χ4v) is 2.75. The van der Waals surface area contributed by atoms with E-state index in [1.54, 1.807) is 12.1 Å². The van der Waals surface area contributed by atoms with Crippen LogP contribution in [0.5, 0.6) is 0 Å². The van der Waals surface area contributed by atoms with E-state index in [-0.39, 0.29) is 10.7 Å². The van der Waals surface area contributed by atoms with Crippen molar-refractivity contribution in [3.05, 3.63) is 56.4 Å². The van der Waals surface area contributed by atoms with Crippen molar-refractivity contribution in [1.82, 2.24) is 4.57 Å². The van der Waals surface area contributed by atoms with Crippen LogP contribution in [0.2, 0.25) is 5.02 Å². The maximum atomic E-state index is 10.7. The van der Waals surface area contributed by atoms with E-state index in [0.29, 0.717) is 6.54 Å². The molecule has 0 atom stereocenters. The van der Waals surface area contributed by atoms with Crippen LogP contribution in [-0.2, 0) is 13.1 Å². The van der Waals surface area contributed by atoms with Gasteiger partial charge in [0.25, 0.3) is 5.69 Å². The van der Waals surface area contributed by atoms with Crippen LogP contribution in [0.3, 0.4) is 0 Å². The topological polar surface area (TPSA) is 60.1 Å². The first-order chi connectivity index (χ1) is 9.93. The zero-order valence-corrected chi connectivity index (χ0v) is 13.1. The minimum absolute atomic E-state index is 0.0774. The Morgan fingerprint density at radius 3 is 2.57 bits per heavy atom. The number of halogens is 1. The molecule has 1 aromatic heterocycles. The molecule has 1 aromatic carbocycles. The van der Waals surface area contributed by atoms with Gasteiger partial charge in [-0.05, 0) is 44.5 Å². The number of benzene rings is 1. The molecule has 0 aliphatic carbocycles. The van der Waals surface area contributed by atoms with Crippen LogP contribution >= 0.6 is 11.6 Å². The van der Waals surface area contributed by atoms with E-state index >= 15 is 0 Å². The number of anilines is 1. The van der Waals surface area contributed by atoms with E-state index < -0.39 is 4.92 Å². The molecule has 1 N–H and O–H groups in total. The average Bonchev–Trinajstić information content (AvgIpc) is 2.70. The van der Waals surface area contributed by atoms with Crippen molar-refractivity contribution in [2.45, 2.75) is 33.9 Å². The lowest BCUT2D eigenvalue weighted by Gasteiger charge is -2.08. The van der Waals surface area contributed by atoms with E-state index in [9.17, 15) is 10.1 Å². The molecule has 6 heteroatoms. The van der Waals surface area contributed by atoms with Crippen LogP contribution in [0.1, 0.15) is 23.9 Å². The molecule has 2 aromatic rings. The Kier molecular flexibility index (Phi) is 4.53. The van der Waals surface area contributed by atoms with Gasteiger partial charge in [-0.25, -0.2) is 0 Å². The third kappa shape index (κ3) is 3.19. The highest BCUT2D eigenvalue weighted by Crippen LogP contribution is 2.27. The largest absolute Gasteiger partial charge is 0.381 e. The van der Waals surface area contributed by atoms with Gasteiger partial charge in [0.05, 0.1) is 4.92 Å². The number of nitro benzene ring substituents is 1. The molecular formula is C15H18ClN3O2. The van der Waals surface area contributed by atoms with Crippen LogP contribution < -0.4 is 5.32 Å². The van der Waals surface area contributed by atoms with Crippen LogP contribution in [0, 0.1) is 24.0 Å². The summed E-state index contributed by atoms with van der Waals surface area (Å²) in [4.78, 5) is 10.2. The molecule has 0 spiro atoms. The van der Waals surface area contributed by atoms with Crippen LogP contribution in [-0.4, -0.2) is 9.49 Å². The van der Waals surface area contributed by atoms with Crippen LogP contribution in [0.15, 0.2) is 24.3 Å². The zero-order valence-electron chi connectivity index (χ0n) is 12.3. The highest BCUT2D eigenvalue weighted by Gasteiger charge is 2.12. The molecule has 0 amide bonds. The van der Waals surface area contributed by atoms with Crippen LogP contribution in [0.4, 0.5) is 11.4 Å². The Labute approximate surface area is 128 Å². The van der Waals surface area contributed by atoms with Gasteiger partial charge >= 0.3 is 0 Å². The van der Waals surface area contributed by atoms with Gasteiger partial charge in [-0.1, -0.05) is 11.6 Å². The number of aromatic nitrogens is 1. The third-order valence-electron chi connectivity index (χ3n) is 3.62. The summed E-state index contributed by atoms with van der Waals surface area (Å²) < 4.78 is 2.25. The van der Waals surface area contributed by atoms with Crippen LogP contribution in [0.25, 0.3) is 0 Å². The van der Waals surface area contributed by atoms with Gasteiger partial charge < -0.3 is 9.88 Å². The fourth-order valence-electron chi connectivity index (χ4n) is 2.50. The number of nitrogens with zero attached hydrogens (tertiary/aromatic N) is 2. The van der Waals surface area contributed by atoms with Gasteiger partial charge in [-0.15, -0.1) is 0 Å². The van der Waals surface area contributed by atoms with Gasteiger partial charge in [-0.3, -0.25) is 10.1 Å². The van der Waals surface area contributed by atoms with Gasteiger partial charge in [-0.2, -0.15) is 0 Å². The fraction of sp³-hybridized carbons (Fsp3) is 0.333. The smallest absolute Gasteiger partial charge is 0.288 e. The maximum absolute atomic E-state index is 10.7. The molecule has 0 bridgehead atoms. The van der Waals surface area contributed by atoms with Crippen molar-refractivity contribution in [2.75, 3.05) is 5.32 Å². The normalized spacial score (nSPS) is 10.7. The Bertz CT molecular complexity index is 680. The summed E-state index contributed by atoms with van der Waals surface area (Å²) in [7, 11) is 0. The van der Waals surface area contributed by atoms with Gasteiger partial charge in [0.1, 0.15) is 5.02 Å². The molecule has 0 fully saturated rings. The molecular weight excluding hydrogens is 290 g/mol. The molecule has 0 unspecified atom stereocenters. The first-order valence-electron chi connectivity index (χ1n) is 6.77. The maximum Gasteiger partial charge on any atom is 0.288 e. The first kappa shape index (κ1) is 15.4. The molecule has 0 saturated heterocycles. The summed E-state index contributed by atoms with van der Waals surface area (Å²) in [6.45, 7) is 7.90. The van der Waals surface area contributed by atoms with E-state index in [1.807, 2.05) is 0 Å². The molecule has 21 heavy (non-hydrogen) atoms. The standard InChI is InChI=1S/C15H18ClN3O2/c1-4-18-10(2)7-12(11(18)3)9-17-13-5-6-15(19(20)21)14(16)8-13/h5-8,17H,4,9H2,1-3H3.